The molecule has 44 heavy (non-hydrogen) atoms. The number of nitrogens with one attached hydrogen (secondary N) is 3. The fraction of sp³-hybridized carbons (Fsp3) is 0.258. The fourth-order valence-electron chi connectivity index (χ4n) is 4.35. The fourth-order valence-corrected chi connectivity index (χ4v) is 4.95. The molecule has 0 saturated carbocycles. The second-order valence-corrected chi connectivity index (χ2v) is 10.9. The van der Waals surface area contributed by atoms with Crippen molar-refractivity contribution in [1.29, 1.82) is 0 Å². The zero-order chi connectivity index (χ0) is 31.6. The van der Waals surface area contributed by atoms with E-state index < -0.39 is 24.3 Å². The standard InChI is InChI=1S/C31H32BrClN4O7/c1-4-42-26-14-20(29-28(30(39)41-3)18(2)35-31(40)36-29)8-10-25(26)44-17-27(38)37-34-15-21-13-22(32)9-11-24(21)43-16-19-6-5-7-23(33)12-19/h5-15,27,29,37-38H,4,16-17H2,1-3H3,(H2,35,36,40)/b34-15+/t27-,29+/m0/s1. The van der Waals surface area contributed by atoms with E-state index in [1.807, 2.05) is 43.3 Å². The zero-order valence-corrected chi connectivity index (χ0v) is 26.6. The molecule has 232 valence electrons. The molecule has 0 spiro atoms. The summed E-state index contributed by atoms with van der Waals surface area (Å²) in [6.45, 7) is 3.92. The number of nitrogens with zero attached hydrogens (tertiary/aromatic N) is 1. The molecule has 2 amide bonds. The smallest absolute Gasteiger partial charge is 0.337 e. The number of hydrazone groups is 1. The van der Waals surface area contributed by atoms with Crippen molar-refractivity contribution in [2.45, 2.75) is 32.7 Å². The van der Waals surface area contributed by atoms with Gasteiger partial charge >= 0.3 is 12.0 Å². The highest BCUT2D eigenvalue weighted by Crippen LogP contribution is 2.35. The SMILES string of the molecule is CCOc1cc([C@H]2NC(=O)NC(C)=C2C(=O)OC)ccc1OC[C@H](O)N/N=C/c1cc(Br)ccc1OCc1cccc(Cl)c1. The van der Waals surface area contributed by atoms with Crippen LogP contribution < -0.4 is 30.3 Å². The molecule has 1 aliphatic rings. The number of hydrogen-bond donors (Lipinski definition) is 4. The highest BCUT2D eigenvalue weighted by Gasteiger charge is 2.32. The van der Waals surface area contributed by atoms with E-state index in [4.69, 9.17) is 30.5 Å². The number of benzene rings is 3. The number of aliphatic hydroxyl groups is 1. The number of esters is 1. The number of halogens is 2. The van der Waals surface area contributed by atoms with Crippen LogP contribution in [-0.4, -0.2) is 49.9 Å². The first-order valence-corrected chi connectivity index (χ1v) is 14.7. The number of carbonyl (C=O) groups is 2. The molecule has 1 heterocycles. The first-order valence-electron chi connectivity index (χ1n) is 13.6. The zero-order valence-electron chi connectivity index (χ0n) is 24.2. The van der Waals surface area contributed by atoms with Gasteiger partial charge in [0.2, 0.25) is 0 Å². The van der Waals surface area contributed by atoms with E-state index in [2.05, 4.69) is 37.1 Å². The lowest BCUT2D eigenvalue weighted by Gasteiger charge is -2.28. The van der Waals surface area contributed by atoms with Crippen molar-refractivity contribution in [3.05, 3.63) is 98.1 Å². The summed E-state index contributed by atoms with van der Waals surface area (Å²) >= 11 is 9.53. The van der Waals surface area contributed by atoms with Crippen molar-refractivity contribution in [3.63, 3.8) is 0 Å². The number of amides is 2. The van der Waals surface area contributed by atoms with Gasteiger partial charge in [0.25, 0.3) is 0 Å². The molecule has 3 aromatic carbocycles. The number of carbonyl (C=O) groups excluding carboxylic acids is 2. The normalized spacial score (nSPS) is 15.3. The van der Waals surface area contributed by atoms with Gasteiger partial charge in [-0.1, -0.05) is 45.7 Å². The molecule has 2 atom stereocenters. The molecule has 1 aliphatic heterocycles. The summed E-state index contributed by atoms with van der Waals surface area (Å²) in [4.78, 5) is 24.6. The Morgan fingerprint density at radius 3 is 2.66 bits per heavy atom. The molecule has 0 saturated heterocycles. The summed E-state index contributed by atoms with van der Waals surface area (Å²) in [6, 6.07) is 16.7. The molecular weight excluding hydrogens is 656 g/mol. The average Bonchev–Trinajstić information content (AvgIpc) is 2.99. The Balaban J connectivity index is 1.40. The minimum Gasteiger partial charge on any atom is -0.490 e. The van der Waals surface area contributed by atoms with Gasteiger partial charge in [0.1, 0.15) is 19.0 Å². The maximum Gasteiger partial charge on any atom is 0.337 e. The summed E-state index contributed by atoms with van der Waals surface area (Å²) in [7, 11) is 1.27. The molecule has 4 rings (SSSR count). The minimum atomic E-state index is -1.16. The Labute approximate surface area is 268 Å². The van der Waals surface area contributed by atoms with E-state index >= 15 is 0 Å². The van der Waals surface area contributed by atoms with Gasteiger partial charge in [0.15, 0.2) is 17.7 Å². The number of allylic oxidation sites excluding steroid dienone is 1. The molecule has 0 aromatic heterocycles. The monoisotopic (exact) mass is 686 g/mol. The molecule has 0 unspecified atom stereocenters. The Kier molecular flexibility index (Phi) is 11.5. The molecule has 11 nitrogen and oxygen atoms in total. The van der Waals surface area contributed by atoms with Crippen LogP contribution in [0.5, 0.6) is 17.2 Å². The number of methoxy groups -OCH3 is 1. The van der Waals surface area contributed by atoms with Crippen LogP contribution in [0, 0.1) is 0 Å². The van der Waals surface area contributed by atoms with Crippen LogP contribution in [0.4, 0.5) is 4.79 Å². The molecule has 0 fully saturated rings. The maximum atomic E-state index is 12.5. The third-order valence-corrected chi connectivity index (χ3v) is 7.08. The summed E-state index contributed by atoms with van der Waals surface area (Å²) < 4.78 is 23.3. The number of hydrogen-bond acceptors (Lipinski definition) is 9. The van der Waals surface area contributed by atoms with Crippen molar-refractivity contribution in [3.8, 4) is 17.2 Å². The van der Waals surface area contributed by atoms with Gasteiger partial charge in [-0.3, -0.25) is 5.43 Å². The number of urea groups is 1. The topological polar surface area (TPSA) is 140 Å². The summed E-state index contributed by atoms with van der Waals surface area (Å²) in [5.41, 5.74) is 5.48. The first kappa shape index (κ1) is 32.6. The van der Waals surface area contributed by atoms with Crippen LogP contribution in [0.15, 0.2) is 81.5 Å². The maximum absolute atomic E-state index is 12.5. The largest absolute Gasteiger partial charge is 0.490 e. The van der Waals surface area contributed by atoms with Gasteiger partial charge < -0.3 is 34.7 Å². The molecule has 13 heteroatoms. The van der Waals surface area contributed by atoms with Gasteiger partial charge in [-0.15, -0.1) is 0 Å². The average molecular weight is 688 g/mol. The van der Waals surface area contributed by atoms with Crippen molar-refractivity contribution in [2.75, 3.05) is 20.3 Å². The third-order valence-electron chi connectivity index (χ3n) is 6.35. The van der Waals surface area contributed by atoms with Crippen LogP contribution in [0.2, 0.25) is 5.02 Å². The van der Waals surface area contributed by atoms with E-state index in [0.717, 1.165) is 10.0 Å². The van der Waals surface area contributed by atoms with E-state index in [9.17, 15) is 14.7 Å². The van der Waals surface area contributed by atoms with Gasteiger partial charge in [-0.25, -0.2) is 9.59 Å². The van der Waals surface area contributed by atoms with Gasteiger partial charge in [0.05, 0.1) is 31.5 Å². The summed E-state index contributed by atoms with van der Waals surface area (Å²) in [6.07, 6.45) is 0.368. The van der Waals surface area contributed by atoms with E-state index in [-0.39, 0.29) is 12.2 Å². The van der Waals surface area contributed by atoms with Crippen LogP contribution in [0.3, 0.4) is 0 Å². The molecular formula is C31H32BrClN4O7. The highest BCUT2D eigenvalue weighted by molar-refractivity contribution is 9.10. The van der Waals surface area contributed by atoms with E-state index in [1.54, 1.807) is 31.2 Å². The molecule has 0 bridgehead atoms. The number of aliphatic hydroxyl groups excluding tert-OH is 1. The number of ether oxygens (including phenoxy) is 4. The number of rotatable bonds is 13. The Hall–Kier alpha value is -4.26. The molecule has 0 aliphatic carbocycles. The van der Waals surface area contributed by atoms with Gasteiger partial charge in [0, 0.05) is 20.8 Å². The molecule has 0 radical (unpaired) electrons. The predicted molar refractivity (Wildman–Crippen MR) is 169 cm³/mol. The van der Waals surface area contributed by atoms with Crippen LogP contribution in [-0.2, 0) is 16.1 Å². The second kappa shape index (κ2) is 15.5. The Morgan fingerprint density at radius 1 is 1.11 bits per heavy atom. The lowest BCUT2D eigenvalue weighted by atomic mass is 9.95. The second-order valence-electron chi connectivity index (χ2n) is 9.52. The van der Waals surface area contributed by atoms with Crippen molar-refractivity contribution in [1.82, 2.24) is 16.1 Å². The van der Waals surface area contributed by atoms with E-state index in [1.165, 1.54) is 13.3 Å². The summed E-state index contributed by atoms with van der Waals surface area (Å²) in [5, 5.41) is 20.6. The van der Waals surface area contributed by atoms with Gasteiger partial charge in [-0.05, 0) is 67.4 Å². The third kappa shape index (κ3) is 8.65. The highest BCUT2D eigenvalue weighted by atomic mass is 79.9. The predicted octanol–water partition coefficient (Wildman–Crippen LogP) is 5.20. The van der Waals surface area contributed by atoms with E-state index in [0.29, 0.717) is 52.3 Å². The Bertz CT molecular complexity index is 1570. The van der Waals surface area contributed by atoms with Crippen LogP contribution >= 0.6 is 27.5 Å². The lowest BCUT2D eigenvalue weighted by Crippen LogP contribution is -2.45. The molecule has 3 aromatic rings. The Morgan fingerprint density at radius 2 is 1.91 bits per heavy atom. The van der Waals surface area contributed by atoms with Crippen LogP contribution in [0.1, 0.15) is 36.6 Å². The first-order chi connectivity index (χ1) is 21.2. The van der Waals surface area contributed by atoms with Crippen LogP contribution in [0.25, 0.3) is 0 Å². The van der Waals surface area contributed by atoms with Crippen molar-refractivity contribution in [2.24, 2.45) is 5.10 Å². The molecule has 4 N–H and O–H groups in total. The lowest BCUT2D eigenvalue weighted by molar-refractivity contribution is -0.136. The van der Waals surface area contributed by atoms with Crippen molar-refractivity contribution < 1.29 is 33.6 Å². The van der Waals surface area contributed by atoms with Gasteiger partial charge in [-0.2, -0.15) is 5.10 Å². The quantitative estimate of drug-likeness (QED) is 0.0833. The minimum absolute atomic E-state index is 0.163. The van der Waals surface area contributed by atoms with Crippen molar-refractivity contribution >= 4 is 45.7 Å². The summed E-state index contributed by atoms with van der Waals surface area (Å²) in [5.74, 6) is 0.739.